The lowest BCUT2D eigenvalue weighted by molar-refractivity contribution is 1.12. The van der Waals surface area contributed by atoms with Crippen molar-refractivity contribution in [2.75, 3.05) is 5.32 Å². The first kappa shape index (κ1) is 13.4. The van der Waals surface area contributed by atoms with Crippen molar-refractivity contribution in [1.29, 1.82) is 0 Å². The molecule has 0 aliphatic carbocycles. The standard InChI is InChI=1S/C16H12ClN3O/c17-14-15(18-10-19-16(14)21)20-13-9-5-4-8-12(13)11-6-2-1-3-7-11/h1-10H,(H2,18,19,20,21). The fourth-order valence-corrected chi connectivity index (χ4v) is 2.21. The summed E-state index contributed by atoms with van der Waals surface area (Å²) >= 11 is 5.97. The quantitative estimate of drug-likeness (QED) is 0.772. The number of hydrogen-bond donors (Lipinski definition) is 2. The number of rotatable bonds is 3. The van der Waals surface area contributed by atoms with Crippen LogP contribution >= 0.6 is 11.6 Å². The number of halogens is 1. The fourth-order valence-electron chi connectivity index (χ4n) is 2.06. The Bertz CT molecular complexity index is 815. The lowest BCUT2D eigenvalue weighted by Gasteiger charge is -2.12. The normalized spacial score (nSPS) is 10.3. The summed E-state index contributed by atoms with van der Waals surface area (Å²) in [4.78, 5) is 18.0. The minimum atomic E-state index is -0.369. The van der Waals surface area contributed by atoms with Gasteiger partial charge in [0, 0.05) is 11.3 Å². The van der Waals surface area contributed by atoms with Gasteiger partial charge in [0.25, 0.3) is 5.56 Å². The van der Waals surface area contributed by atoms with Gasteiger partial charge < -0.3 is 10.3 Å². The molecule has 0 aliphatic heterocycles. The Kier molecular flexibility index (Phi) is 3.71. The smallest absolute Gasteiger partial charge is 0.271 e. The first-order valence-corrected chi connectivity index (χ1v) is 6.78. The minimum Gasteiger partial charge on any atom is -0.338 e. The van der Waals surface area contributed by atoms with E-state index in [2.05, 4.69) is 15.3 Å². The molecule has 1 aromatic heterocycles. The molecule has 0 fully saturated rings. The predicted octanol–water partition coefficient (Wildman–Crippen LogP) is 3.83. The third-order valence-corrected chi connectivity index (χ3v) is 3.41. The first-order chi connectivity index (χ1) is 10.3. The molecule has 104 valence electrons. The maximum absolute atomic E-state index is 11.5. The summed E-state index contributed by atoms with van der Waals surface area (Å²) in [5.41, 5.74) is 2.55. The average molecular weight is 298 g/mol. The van der Waals surface area contributed by atoms with Crippen LogP contribution in [0, 0.1) is 0 Å². The van der Waals surface area contributed by atoms with Crippen molar-refractivity contribution in [3.63, 3.8) is 0 Å². The van der Waals surface area contributed by atoms with E-state index in [4.69, 9.17) is 11.6 Å². The second-order valence-electron chi connectivity index (χ2n) is 4.43. The van der Waals surface area contributed by atoms with E-state index in [1.165, 1.54) is 6.33 Å². The topological polar surface area (TPSA) is 57.8 Å². The monoisotopic (exact) mass is 297 g/mol. The summed E-state index contributed by atoms with van der Waals surface area (Å²) < 4.78 is 0. The molecule has 0 amide bonds. The summed E-state index contributed by atoms with van der Waals surface area (Å²) in [5, 5.41) is 3.16. The molecule has 1 heterocycles. The highest BCUT2D eigenvalue weighted by atomic mass is 35.5. The summed E-state index contributed by atoms with van der Waals surface area (Å²) in [5.74, 6) is 0.337. The van der Waals surface area contributed by atoms with Gasteiger partial charge in [0.2, 0.25) is 0 Å². The molecule has 3 rings (SSSR count). The fraction of sp³-hybridized carbons (Fsp3) is 0. The molecule has 0 spiro atoms. The summed E-state index contributed by atoms with van der Waals surface area (Å²) in [6, 6.07) is 17.8. The van der Waals surface area contributed by atoms with Gasteiger partial charge >= 0.3 is 0 Å². The number of nitrogens with zero attached hydrogens (tertiary/aromatic N) is 1. The molecule has 0 unspecified atom stereocenters. The van der Waals surface area contributed by atoms with E-state index in [1.807, 2.05) is 54.6 Å². The Balaban J connectivity index is 2.04. The largest absolute Gasteiger partial charge is 0.338 e. The third-order valence-electron chi connectivity index (χ3n) is 3.06. The van der Waals surface area contributed by atoms with Gasteiger partial charge in [-0.15, -0.1) is 0 Å². The van der Waals surface area contributed by atoms with Crippen molar-refractivity contribution < 1.29 is 0 Å². The number of para-hydroxylation sites is 1. The van der Waals surface area contributed by atoms with Crippen LogP contribution in [0.15, 0.2) is 65.7 Å². The van der Waals surface area contributed by atoms with Gasteiger partial charge in [-0.05, 0) is 11.6 Å². The Morgan fingerprint density at radius 3 is 2.52 bits per heavy atom. The Hall–Kier alpha value is -2.59. The zero-order valence-electron chi connectivity index (χ0n) is 11.0. The van der Waals surface area contributed by atoms with Crippen LogP contribution in [-0.4, -0.2) is 9.97 Å². The zero-order chi connectivity index (χ0) is 14.7. The van der Waals surface area contributed by atoms with Crippen LogP contribution in [0.4, 0.5) is 11.5 Å². The average Bonchev–Trinajstić information content (AvgIpc) is 2.53. The van der Waals surface area contributed by atoms with E-state index in [-0.39, 0.29) is 10.6 Å². The molecule has 0 aliphatic rings. The van der Waals surface area contributed by atoms with E-state index in [1.54, 1.807) is 0 Å². The minimum absolute atomic E-state index is 0.0420. The molecule has 0 saturated carbocycles. The van der Waals surface area contributed by atoms with E-state index in [0.717, 1.165) is 16.8 Å². The Morgan fingerprint density at radius 1 is 1.00 bits per heavy atom. The van der Waals surface area contributed by atoms with Crippen molar-refractivity contribution in [3.8, 4) is 11.1 Å². The molecule has 0 atom stereocenters. The number of nitrogens with one attached hydrogen (secondary N) is 2. The zero-order valence-corrected chi connectivity index (χ0v) is 11.8. The van der Waals surface area contributed by atoms with Crippen LogP contribution in [0.25, 0.3) is 11.1 Å². The molecular formula is C16H12ClN3O. The highest BCUT2D eigenvalue weighted by Crippen LogP contribution is 2.30. The van der Waals surface area contributed by atoms with Crippen molar-refractivity contribution in [2.24, 2.45) is 0 Å². The SMILES string of the molecule is O=c1[nH]cnc(Nc2ccccc2-c2ccccc2)c1Cl. The van der Waals surface area contributed by atoms with E-state index in [9.17, 15) is 4.79 Å². The second-order valence-corrected chi connectivity index (χ2v) is 4.81. The number of hydrogen-bond acceptors (Lipinski definition) is 3. The van der Waals surface area contributed by atoms with Gasteiger partial charge in [-0.25, -0.2) is 4.98 Å². The van der Waals surface area contributed by atoms with Crippen molar-refractivity contribution in [1.82, 2.24) is 9.97 Å². The number of aromatic nitrogens is 2. The third kappa shape index (κ3) is 2.80. The molecule has 21 heavy (non-hydrogen) atoms. The lowest BCUT2D eigenvalue weighted by atomic mass is 10.0. The Labute approximate surface area is 126 Å². The van der Waals surface area contributed by atoms with Crippen LogP contribution in [-0.2, 0) is 0 Å². The first-order valence-electron chi connectivity index (χ1n) is 6.40. The van der Waals surface area contributed by atoms with Crippen molar-refractivity contribution in [2.45, 2.75) is 0 Å². The van der Waals surface area contributed by atoms with E-state index in [0.29, 0.717) is 5.82 Å². The van der Waals surface area contributed by atoms with Gasteiger partial charge in [0.15, 0.2) is 5.82 Å². The van der Waals surface area contributed by atoms with Crippen LogP contribution in [0.3, 0.4) is 0 Å². The number of H-pyrrole nitrogens is 1. The molecule has 4 nitrogen and oxygen atoms in total. The van der Waals surface area contributed by atoms with E-state index < -0.39 is 0 Å². The lowest BCUT2D eigenvalue weighted by Crippen LogP contribution is -2.09. The highest BCUT2D eigenvalue weighted by molar-refractivity contribution is 6.32. The summed E-state index contributed by atoms with van der Waals surface area (Å²) in [6.45, 7) is 0. The summed E-state index contributed by atoms with van der Waals surface area (Å²) in [7, 11) is 0. The predicted molar refractivity (Wildman–Crippen MR) is 85.0 cm³/mol. The molecule has 2 aromatic carbocycles. The van der Waals surface area contributed by atoms with Crippen LogP contribution in [0.5, 0.6) is 0 Å². The van der Waals surface area contributed by atoms with Crippen LogP contribution in [0.1, 0.15) is 0 Å². The van der Waals surface area contributed by atoms with Gasteiger partial charge in [-0.3, -0.25) is 4.79 Å². The highest BCUT2D eigenvalue weighted by Gasteiger charge is 2.09. The van der Waals surface area contributed by atoms with Gasteiger partial charge in [-0.1, -0.05) is 60.1 Å². The molecule has 2 N–H and O–H groups in total. The molecule has 3 aromatic rings. The molecule has 0 radical (unpaired) electrons. The second kappa shape index (κ2) is 5.81. The molecular weight excluding hydrogens is 286 g/mol. The van der Waals surface area contributed by atoms with Gasteiger partial charge in [0.1, 0.15) is 5.02 Å². The van der Waals surface area contributed by atoms with Crippen molar-refractivity contribution >= 4 is 23.1 Å². The number of benzene rings is 2. The molecule has 0 bridgehead atoms. The maximum atomic E-state index is 11.5. The van der Waals surface area contributed by atoms with Crippen LogP contribution in [0.2, 0.25) is 5.02 Å². The number of anilines is 2. The summed E-state index contributed by atoms with van der Waals surface area (Å²) in [6.07, 6.45) is 1.32. The van der Waals surface area contributed by atoms with Gasteiger partial charge in [0.05, 0.1) is 6.33 Å². The number of aromatic amines is 1. The van der Waals surface area contributed by atoms with E-state index >= 15 is 0 Å². The van der Waals surface area contributed by atoms with Crippen molar-refractivity contribution in [3.05, 3.63) is 76.3 Å². The maximum Gasteiger partial charge on any atom is 0.271 e. The Morgan fingerprint density at radius 2 is 1.71 bits per heavy atom. The molecule has 5 heteroatoms. The molecule has 0 saturated heterocycles. The van der Waals surface area contributed by atoms with Gasteiger partial charge in [-0.2, -0.15) is 0 Å². The van der Waals surface area contributed by atoms with Crippen LogP contribution < -0.4 is 10.9 Å².